The Labute approximate surface area is 75.9 Å². The third kappa shape index (κ3) is 2.05. The fraction of sp³-hybridized carbons (Fsp3) is 0.111. The first-order valence-corrected chi connectivity index (χ1v) is 3.79. The highest BCUT2D eigenvalue weighted by atomic mass is 16.1. The van der Waals surface area contributed by atoms with Gasteiger partial charge in [0, 0.05) is 12.6 Å². The van der Waals surface area contributed by atoms with Crippen molar-refractivity contribution >= 4 is 24.1 Å². The molecule has 0 aliphatic carbocycles. The third-order valence-corrected chi connectivity index (χ3v) is 1.66. The number of amides is 1. The molecule has 13 heavy (non-hydrogen) atoms. The zero-order valence-corrected chi connectivity index (χ0v) is 7.20. The second-order valence-corrected chi connectivity index (χ2v) is 2.44. The highest BCUT2D eigenvalue weighted by molar-refractivity contribution is 5.86. The number of aldehydes is 1. The molecule has 1 aromatic rings. The van der Waals surface area contributed by atoms with E-state index in [4.69, 9.17) is 0 Å². The van der Waals surface area contributed by atoms with E-state index in [0.29, 0.717) is 17.7 Å². The molecular formula is C9H10N2O2. The lowest BCUT2D eigenvalue weighted by Crippen LogP contribution is -2.00. The van der Waals surface area contributed by atoms with E-state index in [2.05, 4.69) is 10.6 Å². The van der Waals surface area contributed by atoms with Crippen molar-refractivity contribution < 1.29 is 9.59 Å². The predicted molar refractivity (Wildman–Crippen MR) is 51.1 cm³/mol. The zero-order valence-electron chi connectivity index (χ0n) is 7.20. The lowest BCUT2D eigenvalue weighted by Gasteiger charge is -2.07. The van der Waals surface area contributed by atoms with Crippen molar-refractivity contribution in [3.05, 3.63) is 23.8 Å². The van der Waals surface area contributed by atoms with Crippen molar-refractivity contribution in [2.45, 2.75) is 0 Å². The molecule has 68 valence electrons. The van der Waals surface area contributed by atoms with Crippen LogP contribution in [0, 0.1) is 0 Å². The Hall–Kier alpha value is -1.84. The minimum atomic E-state index is 0.531. The summed E-state index contributed by atoms with van der Waals surface area (Å²) in [7, 11) is 1.74. The fourth-order valence-corrected chi connectivity index (χ4v) is 1.04. The molecule has 0 bridgehead atoms. The SMILES string of the molecule is CNc1ccc(C=O)cc1NC=O. The summed E-state index contributed by atoms with van der Waals surface area (Å²) in [6.07, 6.45) is 1.31. The molecule has 0 heterocycles. The molecule has 0 radical (unpaired) electrons. The lowest BCUT2D eigenvalue weighted by atomic mass is 10.2. The second-order valence-electron chi connectivity index (χ2n) is 2.44. The van der Waals surface area contributed by atoms with Gasteiger partial charge in [-0.05, 0) is 18.2 Å². The van der Waals surface area contributed by atoms with Gasteiger partial charge in [0.25, 0.3) is 0 Å². The molecule has 0 unspecified atom stereocenters. The molecular weight excluding hydrogens is 168 g/mol. The van der Waals surface area contributed by atoms with Gasteiger partial charge in [-0.3, -0.25) is 9.59 Å². The molecule has 0 fully saturated rings. The van der Waals surface area contributed by atoms with E-state index >= 15 is 0 Å². The molecule has 4 nitrogen and oxygen atoms in total. The van der Waals surface area contributed by atoms with Crippen LogP contribution in [-0.4, -0.2) is 19.7 Å². The van der Waals surface area contributed by atoms with E-state index in [1.165, 1.54) is 0 Å². The van der Waals surface area contributed by atoms with E-state index in [9.17, 15) is 9.59 Å². The number of carbonyl (C=O) groups excluding carboxylic acids is 2. The van der Waals surface area contributed by atoms with Crippen molar-refractivity contribution in [2.24, 2.45) is 0 Å². The average Bonchev–Trinajstić information content (AvgIpc) is 2.18. The Balaban J connectivity index is 3.08. The maximum atomic E-state index is 10.4. The van der Waals surface area contributed by atoms with Crippen molar-refractivity contribution in [1.82, 2.24) is 0 Å². The lowest BCUT2D eigenvalue weighted by molar-refractivity contribution is -0.105. The summed E-state index contributed by atoms with van der Waals surface area (Å²) in [6.45, 7) is 0. The smallest absolute Gasteiger partial charge is 0.211 e. The van der Waals surface area contributed by atoms with Crippen LogP contribution in [0.4, 0.5) is 11.4 Å². The van der Waals surface area contributed by atoms with Gasteiger partial charge < -0.3 is 10.6 Å². The van der Waals surface area contributed by atoms with E-state index < -0.39 is 0 Å². The minimum Gasteiger partial charge on any atom is -0.386 e. The van der Waals surface area contributed by atoms with Crippen molar-refractivity contribution in [3.63, 3.8) is 0 Å². The van der Waals surface area contributed by atoms with Gasteiger partial charge in [-0.1, -0.05) is 0 Å². The fourth-order valence-electron chi connectivity index (χ4n) is 1.04. The Kier molecular flexibility index (Phi) is 3.03. The monoisotopic (exact) mass is 178 g/mol. The molecule has 0 aliphatic rings. The van der Waals surface area contributed by atoms with E-state index in [-0.39, 0.29) is 0 Å². The average molecular weight is 178 g/mol. The molecule has 0 aliphatic heterocycles. The summed E-state index contributed by atoms with van der Waals surface area (Å²) in [5, 5.41) is 5.39. The number of benzene rings is 1. The molecule has 1 aromatic carbocycles. The number of nitrogens with one attached hydrogen (secondary N) is 2. The van der Waals surface area contributed by atoms with Gasteiger partial charge in [0.15, 0.2) is 0 Å². The predicted octanol–water partition coefficient (Wildman–Crippen LogP) is 1.11. The number of hydrogen-bond acceptors (Lipinski definition) is 3. The van der Waals surface area contributed by atoms with Crippen LogP contribution in [-0.2, 0) is 4.79 Å². The summed E-state index contributed by atoms with van der Waals surface area (Å²) in [6, 6.07) is 5.01. The van der Waals surface area contributed by atoms with Crippen LogP contribution < -0.4 is 10.6 Å². The van der Waals surface area contributed by atoms with Crippen LogP contribution in [0.2, 0.25) is 0 Å². The van der Waals surface area contributed by atoms with Gasteiger partial charge in [-0.2, -0.15) is 0 Å². The molecule has 4 heteroatoms. The summed E-state index contributed by atoms with van der Waals surface area (Å²) in [5.41, 5.74) is 1.91. The Morgan fingerprint density at radius 1 is 1.23 bits per heavy atom. The summed E-state index contributed by atoms with van der Waals surface area (Å²) < 4.78 is 0. The normalized spacial score (nSPS) is 9.00. The van der Waals surface area contributed by atoms with Crippen LogP contribution in [0.15, 0.2) is 18.2 Å². The molecule has 1 rings (SSSR count). The minimum absolute atomic E-state index is 0.531. The van der Waals surface area contributed by atoms with Crippen molar-refractivity contribution in [2.75, 3.05) is 17.7 Å². The third-order valence-electron chi connectivity index (χ3n) is 1.66. The van der Waals surface area contributed by atoms with Gasteiger partial charge in [0.1, 0.15) is 6.29 Å². The molecule has 2 N–H and O–H groups in total. The second kappa shape index (κ2) is 4.25. The van der Waals surface area contributed by atoms with Crippen molar-refractivity contribution in [1.29, 1.82) is 0 Å². The first kappa shape index (κ1) is 9.25. The van der Waals surface area contributed by atoms with Crippen LogP contribution >= 0.6 is 0 Å². The van der Waals surface area contributed by atoms with Gasteiger partial charge in [-0.15, -0.1) is 0 Å². The van der Waals surface area contributed by atoms with Crippen molar-refractivity contribution in [3.8, 4) is 0 Å². The van der Waals surface area contributed by atoms with E-state index in [1.54, 1.807) is 25.2 Å². The zero-order chi connectivity index (χ0) is 9.68. The summed E-state index contributed by atoms with van der Waals surface area (Å²) in [5.74, 6) is 0. The van der Waals surface area contributed by atoms with Crippen LogP contribution in [0.25, 0.3) is 0 Å². The Bertz CT molecular complexity index is 323. The number of anilines is 2. The Morgan fingerprint density at radius 3 is 2.54 bits per heavy atom. The van der Waals surface area contributed by atoms with Gasteiger partial charge in [0.05, 0.1) is 11.4 Å². The molecule has 0 atom stereocenters. The van der Waals surface area contributed by atoms with Crippen LogP contribution in [0.1, 0.15) is 10.4 Å². The van der Waals surface area contributed by atoms with Crippen LogP contribution in [0.5, 0.6) is 0 Å². The van der Waals surface area contributed by atoms with Crippen LogP contribution in [0.3, 0.4) is 0 Å². The molecule has 0 saturated heterocycles. The molecule has 0 spiro atoms. The first-order valence-electron chi connectivity index (χ1n) is 3.79. The molecule has 0 aromatic heterocycles. The largest absolute Gasteiger partial charge is 0.386 e. The standard InChI is InChI=1S/C9H10N2O2/c1-10-8-3-2-7(5-12)4-9(8)11-6-13/h2-6,10H,1H3,(H,11,13). The number of hydrogen-bond donors (Lipinski definition) is 2. The maximum Gasteiger partial charge on any atom is 0.211 e. The van der Waals surface area contributed by atoms with Gasteiger partial charge >= 0.3 is 0 Å². The summed E-state index contributed by atoms with van der Waals surface area (Å²) in [4.78, 5) is 20.6. The van der Waals surface area contributed by atoms with Gasteiger partial charge in [-0.25, -0.2) is 0 Å². The number of carbonyl (C=O) groups is 2. The van der Waals surface area contributed by atoms with E-state index in [1.807, 2.05) is 0 Å². The molecule has 1 amide bonds. The topological polar surface area (TPSA) is 58.2 Å². The Morgan fingerprint density at radius 2 is 2.00 bits per heavy atom. The summed E-state index contributed by atoms with van der Waals surface area (Å²) >= 11 is 0. The molecule has 0 saturated carbocycles. The quantitative estimate of drug-likeness (QED) is 0.679. The highest BCUT2D eigenvalue weighted by Crippen LogP contribution is 2.21. The number of rotatable bonds is 4. The maximum absolute atomic E-state index is 10.4. The van der Waals surface area contributed by atoms with Gasteiger partial charge in [0.2, 0.25) is 6.41 Å². The van der Waals surface area contributed by atoms with E-state index in [0.717, 1.165) is 12.0 Å². The highest BCUT2D eigenvalue weighted by Gasteiger charge is 2.00. The first-order chi connectivity index (χ1) is 6.31.